The Balaban J connectivity index is 1.64. The van der Waals surface area contributed by atoms with E-state index in [1.54, 1.807) is 0 Å². The number of benzene rings is 1. The SMILES string of the molecule is CC(C)(C)Cc1nc2c(s1)-c1ccc(C3CCC(N)C3)cc1CC2. The fourth-order valence-corrected chi connectivity index (χ4v) is 5.65. The summed E-state index contributed by atoms with van der Waals surface area (Å²) in [4.78, 5) is 6.37. The number of aromatic nitrogens is 1. The highest BCUT2D eigenvalue weighted by molar-refractivity contribution is 7.15. The highest BCUT2D eigenvalue weighted by atomic mass is 32.1. The molecule has 24 heavy (non-hydrogen) atoms. The van der Waals surface area contributed by atoms with Crippen molar-refractivity contribution in [3.8, 4) is 10.4 Å². The lowest BCUT2D eigenvalue weighted by atomic mass is 9.88. The zero-order valence-electron chi connectivity index (χ0n) is 15.1. The quantitative estimate of drug-likeness (QED) is 0.827. The monoisotopic (exact) mass is 340 g/mol. The number of nitrogens with zero attached hydrogens (tertiary/aromatic N) is 1. The molecular formula is C21H28N2S. The van der Waals surface area contributed by atoms with Gasteiger partial charge >= 0.3 is 0 Å². The smallest absolute Gasteiger partial charge is 0.0939 e. The summed E-state index contributed by atoms with van der Waals surface area (Å²) < 4.78 is 0. The lowest BCUT2D eigenvalue weighted by Crippen LogP contribution is -2.14. The van der Waals surface area contributed by atoms with Crippen LogP contribution in [0.1, 0.15) is 67.8 Å². The van der Waals surface area contributed by atoms with Crippen LogP contribution in [0, 0.1) is 5.41 Å². The highest BCUT2D eigenvalue weighted by Gasteiger charge is 2.26. The Bertz CT molecular complexity index is 754. The van der Waals surface area contributed by atoms with Gasteiger partial charge in [-0.2, -0.15) is 0 Å². The molecule has 0 saturated heterocycles. The number of hydrogen-bond donors (Lipinski definition) is 1. The minimum absolute atomic E-state index is 0.300. The normalized spacial score (nSPS) is 23.2. The molecule has 1 heterocycles. The van der Waals surface area contributed by atoms with Gasteiger partial charge in [-0.3, -0.25) is 0 Å². The third-order valence-electron chi connectivity index (χ3n) is 5.37. The van der Waals surface area contributed by atoms with Gasteiger partial charge in [0.05, 0.1) is 15.6 Å². The molecule has 0 aliphatic heterocycles. The maximum Gasteiger partial charge on any atom is 0.0939 e. The average Bonchev–Trinajstić information content (AvgIpc) is 3.10. The van der Waals surface area contributed by atoms with E-state index >= 15 is 0 Å². The van der Waals surface area contributed by atoms with Crippen molar-refractivity contribution in [2.24, 2.45) is 11.1 Å². The summed E-state index contributed by atoms with van der Waals surface area (Å²) in [7, 11) is 0. The van der Waals surface area contributed by atoms with Crippen LogP contribution < -0.4 is 5.73 Å². The van der Waals surface area contributed by atoms with Crippen molar-refractivity contribution in [3.63, 3.8) is 0 Å². The summed E-state index contributed by atoms with van der Waals surface area (Å²) in [5.74, 6) is 0.671. The van der Waals surface area contributed by atoms with Gasteiger partial charge < -0.3 is 5.73 Å². The summed E-state index contributed by atoms with van der Waals surface area (Å²) in [6.45, 7) is 6.87. The minimum Gasteiger partial charge on any atom is -0.328 e. The molecule has 2 unspecified atom stereocenters. The molecule has 2 aliphatic carbocycles. The van der Waals surface area contributed by atoms with Crippen molar-refractivity contribution in [1.29, 1.82) is 0 Å². The van der Waals surface area contributed by atoms with Crippen LogP contribution in [0.25, 0.3) is 10.4 Å². The van der Waals surface area contributed by atoms with Gasteiger partial charge in [-0.05, 0) is 60.1 Å². The number of hydrogen-bond acceptors (Lipinski definition) is 3. The first-order valence-electron chi connectivity index (χ1n) is 9.26. The van der Waals surface area contributed by atoms with E-state index < -0.39 is 0 Å². The Morgan fingerprint density at radius 2 is 2.04 bits per heavy atom. The van der Waals surface area contributed by atoms with Crippen LogP contribution in [0.2, 0.25) is 0 Å². The molecule has 3 heteroatoms. The van der Waals surface area contributed by atoms with Crippen LogP contribution in [0.15, 0.2) is 18.2 Å². The first-order chi connectivity index (χ1) is 11.4. The molecule has 128 valence electrons. The molecule has 2 N–H and O–H groups in total. The third-order valence-corrected chi connectivity index (χ3v) is 6.50. The van der Waals surface area contributed by atoms with E-state index in [1.807, 2.05) is 11.3 Å². The molecule has 1 aromatic heterocycles. The second-order valence-corrected chi connectivity index (χ2v) is 9.89. The predicted octanol–water partition coefficient (Wildman–Crippen LogP) is 5.09. The molecule has 0 spiro atoms. The predicted molar refractivity (Wildman–Crippen MR) is 103 cm³/mol. The van der Waals surface area contributed by atoms with Crippen LogP contribution in [0.3, 0.4) is 0 Å². The summed E-state index contributed by atoms with van der Waals surface area (Å²) in [5, 5.41) is 1.30. The van der Waals surface area contributed by atoms with E-state index in [9.17, 15) is 0 Å². The first kappa shape index (κ1) is 16.3. The van der Waals surface area contributed by atoms with Crippen molar-refractivity contribution < 1.29 is 0 Å². The van der Waals surface area contributed by atoms with E-state index in [1.165, 1.54) is 45.1 Å². The fourth-order valence-electron chi connectivity index (χ4n) is 4.18. The lowest BCUT2D eigenvalue weighted by Gasteiger charge is -2.18. The van der Waals surface area contributed by atoms with E-state index in [4.69, 9.17) is 10.7 Å². The molecule has 0 amide bonds. The topological polar surface area (TPSA) is 38.9 Å². The molecule has 2 nitrogen and oxygen atoms in total. The highest BCUT2D eigenvalue weighted by Crippen LogP contribution is 2.41. The van der Waals surface area contributed by atoms with E-state index in [2.05, 4.69) is 39.0 Å². The molecule has 0 radical (unpaired) electrons. The molecule has 1 aromatic carbocycles. The third kappa shape index (κ3) is 3.16. The van der Waals surface area contributed by atoms with Crippen molar-refractivity contribution in [2.75, 3.05) is 0 Å². The molecule has 0 bridgehead atoms. The molecule has 2 atom stereocenters. The van der Waals surface area contributed by atoms with Crippen LogP contribution >= 0.6 is 11.3 Å². The summed E-state index contributed by atoms with van der Waals surface area (Å²) >= 11 is 1.91. The number of rotatable bonds is 2. The van der Waals surface area contributed by atoms with Crippen LogP contribution in [-0.2, 0) is 19.3 Å². The van der Waals surface area contributed by atoms with Crippen molar-refractivity contribution in [2.45, 2.75) is 71.3 Å². The summed E-state index contributed by atoms with van der Waals surface area (Å²) in [6.07, 6.45) is 6.88. The van der Waals surface area contributed by atoms with Gasteiger partial charge in [-0.25, -0.2) is 4.98 Å². The van der Waals surface area contributed by atoms with Gasteiger partial charge in [0.2, 0.25) is 0 Å². The lowest BCUT2D eigenvalue weighted by molar-refractivity contribution is 0.410. The van der Waals surface area contributed by atoms with Crippen molar-refractivity contribution in [3.05, 3.63) is 40.0 Å². The summed E-state index contributed by atoms with van der Waals surface area (Å²) in [5.41, 5.74) is 12.2. The Morgan fingerprint density at radius 1 is 1.21 bits per heavy atom. The molecule has 1 fully saturated rings. The maximum atomic E-state index is 6.11. The molecule has 1 saturated carbocycles. The van der Waals surface area contributed by atoms with Gasteiger partial charge in [-0.1, -0.05) is 39.0 Å². The van der Waals surface area contributed by atoms with Crippen LogP contribution in [0.4, 0.5) is 0 Å². The Morgan fingerprint density at radius 3 is 2.75 bits per heavy atom. The molecule has 4 rings (SSSR count). The fraction of sp³-hybridized carbons (Fsp3) is 0.571. The molecular weight excluding hydrogens is 312 g/mol. The van der Waals surface area contributed by atoms with E-state index in [-0.39, 0.29) is 0 Å². The van der Waals surface area contributed by atoms with Crippen molar-refractivity contribution in [1.82, 2.24) is 4.98 Å². The number of fused-ring (bicyclic) bond motifs is 3. The van der Waals surface area contributed by atoms with Crippen LogP contribution in [-0.4, -0.2) is 11.0 Å². The number of nitrogens with two attached hydrogens (primary N) is 1. The van der Waals surface area contributed by atoms with E-state index in [0.717, 1.165) is 25.7 Å². The van der Waals surface area contributed by atoms with Crippen LogP contribution in [0.5, 0.6) is 0 Å². The van der Waals surface area contributed by atoms with E-state index in [0.29, 0.717) is 17.4 Å². The van der Waals surface area contributed by atoms with Crippen molar-refractivity contribution >= 4 is 11.3 Å². The zero-order chi connectivity index (χ0) is 16.9. The van der Waals surface area contributed by atoms with Gasteiger partial charge in [0, 0.05) is 12.5 Å². The second kappa shape index (κ2) is 5.96. The van der Waals surface area contributed by atoms with Gasteiger partial charge in [0.25, 0.3) is 0 Å². The number of aryl methyl sites for hydroxylation is 2. The molecule has 2 aliphatic rings. The number of thiazole rings is 1. The van der Waals surface area contributed by atoms with Gasteiger partial charge in [0.1, 0.15) is 0 Å². The summed E-state index contributed by atoms with van der Waals surface area (Å²) in [6, 6.07) is 7.56. The second-order valence-electron chi connectivity index (χ2n) is 8.81. The van der Waals surface area contributed by atoms with Gasteiger partial charge in [-0.15, -0.1) is 11.3 Å². The average molecular weight is 341 g/mol. The first-order valence-corrected chi connectivity index (χ1v) is 10.1. The maximum absolute atomic E-state index is 6.11. The Hall–Kier alpha value is -1.19. The largest absolute Gasteiger partial charge is 0.328 e. The Kier molecular flexibility index (Phi) is 4.04. The Labute approximate surface area is 149 Å². The standard InChI is InChI=1S/C21H28N2S/c1-21(2,3)12-19-23-18-9-6-15-10-13(14-4-7-16(22)11-14)5-8-17(15)20(18)24-19/h5,8,10,14,16H,4,6-7,9,11-12,22H2,1-3H3. The molecule has 2 aromatic rings. The zero-order valence-corrected chi connectivity index (χ0v) is 15.9. The van der Waals surface area contributed by atoms with Gasteiger partial charge in [0.15, 0.2) is 0 Å². The minimum atomic E-state index is 0.300.